The number of nitrogens with zero attached hydrogens (tertiary/aromatic N) is 2. The van der Waals surface area contributed by atoms with Gasteiger partial charge in [0, 0.05) is 18.7 Å². The number of nitrogens with one attached hydrogen (secondary N) is 1. The van der Waals surface area contributed by atoms with Crippen molar-refractivity contribution in [2.45, 2.75) is 26.7 Å². The van der Waals surface area contributed by atoms with Gasteiger partial charge in [0.05, 0.1) is 5.02 Å². The van der Waals surface area contributed by atoms with Crippen LogP contribution < -0.4 is 5.32 Å². The fraction of sp³-hybridized carbons (Fsp3) is 0.474. The van der Waals surface area contributed by atoms with Crippen LogP contribution in [0.2, 0.25) is 5.02 Å². The highest BCUT2D eigenvalue weighted by Crippen LogP contribution is 2.32. The number of aryl methyl sites for hydroxylation is 1. The van der Waals surface area contributed by atoms with Crippen molar-refractivity contribution in [2.75, 3.05) is 26.2 Å². The third-order valence-electron chi connectivity index (χ3n) is 4.79. The van der Waals surface area contributed by atoms with Gasteiger partial charge < -0.3 is 14.7 Å². The molecule has 2 heterocycles. The van der Waals surface area contributed by atoms with E-state index in [-0.39, 0.29) is 5.91 Å². The van der Waals surface area contributed by atoms with Crippen molar-refractivity contribution in [2.24, 2.45) is 5.92 Å². The Balaban J connectivity index is 1.78. The maximum absolute atomic E-state index is 13.1. The number of carbonyl (C=O) groups is 1. The van der Waals surface area contributed by atoms with Crippen molar-refractivity contribution in [3.8, 4) is 11.3 Å². The van der Waals surface area contributed by atoms with Gasteiger partial charge in [-0.1, -0.05) is 41.9 Å². The van der Waals surface area contributed by atoms with Crippen molar-refractivity contribution in [3.05, 3.63) is 40.6 Å². The van der Waals surface area contributed by atoms with E-state index >= 15 is 0 Å². The van der Waals surface area contributed by atoms with Gasteiger partial charge in [-0.3, -0.25) is 4.79 Å². The number of likely N-dealkylation sites (tertiary alicyclic amines) is 1. The molecule has 0 spiro atoms. The van der Waals surface area contributed by atoms with Gasteiger partial charge in [0.25, 0.3) is 5.91 Å². The molecule has 1 fully saturated rings. The minimum Gasteiger partial charge on any atom is -0.360 e. The molecule has 1 N–H and O–H groups in total. The Labute approximate surface area is 153 Å². The van der Waals surface area contributed by atoms with Crippen LogP contribution in [-0.2, 0) is 0 Å². The lowest BCUT2D eigenvalue weighted by Crippen LogP contribution is -2.41. The lowest BCUT2D eigenvalue weighted by molar-refractivity contribution is 0.0689. The second-order valence-corrected chi connectivity index (χ2v) is 6.89. The lowest BCUT2D eigenvalue weighted by atomic mass is 9.95. The van der Waals surface area contributed by atoms with E-state index < -0.39 is 0 Å². The summed E-state index contributed by atoms with van der Waals surface area (Å²) in [6.45, 7) is 7.43. The Morgan fingerprint density at radius 2 is 2.08 bits per heavy atom. The highest BCUT2D eigenvalue weighted by molar-refractivity contribution is 6.33. The van der Waals surface area contributed by atoms with Crippen molar-refractivity contribution < 1.29 is 9.32 Å². The maximum atomic E-state index is 13.1. The fourth-order valence-electron chi connectivity index (χ4n) is 3.31. The zero-order valence-corrected chi connectivity index (χ0v) is 15.5. The number of rotatable bonds is 5. The summed E-state index contributed by atoms with van der Waals surface area (Å²) in [5, 5.41) is 8.06. The van der Waals surface area contributed by atoms with Crippen LogP contribution in [-0.4, -0.2) is 42.1 Å². The summed E-state index contributed by atoms with van der Waals surface area (Å²) >= 11 is 6.28. The Hall–Kier alpha value is -1.85. The van der Waals surface area contributed by atoms with E-state index in [9.17, 15) is 4.79 Å². The molecule has 0 radical (unpaired) electrons. The monoisotopic (exact) mass is 361 g/mol. The van der Waals surface area contributed by atoms with Gasteiger partial charge in [-0.25, -0.2) is 0 Å². The van der Waals surface area contributed by atoms with E-state index in [2.05, 4.69) is 17.4 Å². The van der Waals surface area contributed by atoms with Gasteiger partial charge in [-0.2, -0.15) is 0 Å². The normalized spacial score (nSPS) is 15.6. The highest BCUT2D eigenvalue weighted by Gasteiger charge is 2.29. The number of amides is 1. The van der Waals surface area contributed by atoms with Gasteiger partial charge in [-0.15, -0.1) is 0 Å². The first kappa shape index (κ1) is 18.0. The van der Waals surface area contributed by atoms with Gasteiger partial charge in [0.1, 0.15) is 17.0 Å². The summed E-state index contributed by atoms with van der Waals surface area (Å²) in [6, 6.07) is 7.39. The number of aromatic nitrogens is 1. The largest absolute Gasteiger partial charge is 0.360 e. The average Bonchev–Trinajstić information content (AvgIpc) is 3.01. The SMILES string of the molecule is CCNCC1CCN(C(=O)c2c(-c3ccccc3Cl)noc2C)CC1. The van der Waals surface area contributed by atoms with Gasteiger partial charge >= 0.3 is 0 Å². The second kappa shape index (κ2) is 8.02. The van der Waals surface area contributed by atoms with Crippen molar-refractivity contribution in [1.29, 1.82) is 0 Å². The molecule has 3 rings (SSSR count). The molecule has 134 valence electrons. The van der Waals surface area contributed by atoms with Crippen LogP contribution in [0.1, 0.15) is 35.9 Å². The minimum absolute atomic E-state index is 0.0180. The average molecular weight is 362 g/mol. The first-order chi connectivity index (χ1) is 12.1. The molecule has 1 aromatic heterocycles. The van der Waals surface area contributed by atoms with Crippen LogP contribution in [0.5, 0.6) is 0 Å². The molecule has 0 atom stereocenters. The quantitative estimate of drug-likeness (QED) is 0.880. The summed E-state index contributed by atoms with van der Waals surface area (Å²) < 4.78 is 5.33. The van der Waals surface area contributed by atoms with E-state index in [1.165, 1.54) is 0 Å². The van der Waals surface area contributed by atoms with Crippen LogP contribution in [0, 0.1) is 12.8 Å². The molecule has 1 saturated heterocycles. The predicted octanol–water partition coefficient (Wildman–Crippen LogP) is 3.77. The van der Waals surface area contributed by atoms with Gasteiger partial charge in [0.15, 0.2) is 0 Å². The molecule has 1 aromatic carbocycles. The number of hydrogen-bond acceptors (Lipinski definition) is 4. The third-order valence-corrected chi connectivity index (χ3v) is 5.12. The zero-order valence-electron chi connectivity index (χ0n) is 14.7. The number of piperidine rings is 1. The van der Waals surface area contributed by atoms with E-state index in [0.29, 0.717) is 28.0 Å². The molecule has 5 nitrogen and oxygen atoms in total. The van der Waals surface area contributed by atoms with Crippen molar-refractivity contribution in [3.63, 3.8) is 0 Å². The summed E-state index contributed by atoms with van der Waals surface area (Å²) in [4.78, 5) is 15.0. The summed E-state index contributed by atoms with van der Waals surface area (Å²) in [5.41, 5.74) is 1.78. The molecule has 0 aliphatic carbocycles. The van der Waals surface area contributed by atoms with E-state index in [1.54, 1.807) is 13.0 Å². The second-order valence-electron chi connectivity index (χ2n) is 6.49. The Morgan fingerprint density at radius 3 is 2.76 bits per heavy atom. The molecular weight excluding hydrogens is 338 g/mol. The Morgan fingerprint density at radius 1 is 1.36 bits per heavy atom. The van der Waals surface area contributed by atoms with Crippen LogP contribution in [0.3, 0.4) is 0 Å². The molecule has 25 heavy (non-hydrogen) atoms. The predicted molar refractivity (Wildman–Crippen MR) is 98.9 cm³/mol. The third kappa shape index (κ3) is 3.88. The van der Waals surface area contributed by atoms with E-state index in [1.807, 2.05) is 23.1 Å². The minimum atomic E-state index is -0.0180. The summed E-state index contributed by atoms with van der Waals surface area (Å²) in [6.07, 6.45) is 2.04. The topological polar surface area (TPSA) is 58.4 Å². The smallest absolute Gasteiger partial charge is 0.259 e. The number of halogens is 1. The Kier molecular flexibility index (Phi) is 5.76. The van der Waals surface area contributed by atoms with Crippen LogP contribution in [0.25, 0.3) is 11.3 Å². The van der Waals surface area contributed by atoms with Gasteiger partial charge in [0.2, 0.25) is 0 Å². The van der Waals surface area contributed by atoms with Gasteiger partial charge in [-0.05, 0) is 44.8 Å². The molecule has 1 aliphatic rings. The first-order valence-electron chi connectivity index (χ1n) is 8.83. The molecule has 1 aliphatic heterocycles. The van der Waals surface area contributed by atoms with Crippen LogP contribution in [0.4, 0.5) is 0 Å². The standard InChI is InChI=1S/C19H24ClN3O2/c1-3-21-12-14-8-10-23(11-9-14)19(24)17-13(2)25-22-18(17)15-6-4-5-7-16(15)20/h4-7,14,21H,3,8-12H2,1-2H3. The lowest BCUT2D eigenvalue weighted by Gasteiger charge is -2.32. The summed E-state index contributed by atoms with van der Waals surface area (Å²) in [7, 11) is 0. The highest BCUT2D eigenvalue weighted by atomic mass is 35.5. The number of hydrogen-bond donors (Lipinski definition) is 1. The molecule has 0 unspecified atom stereocenters. The molecule has 6 heteroatoms. The van der Waals surface area contributed by atoms with E-state index in [0.717, 1.165) is 44.6 Å². The molecule has 2 aromatic rings. The number of benzene rings is 1. The molecular formula is C19H24ClN3O2. The Bertz CT molecular complexity index is 736. The van der Waals surface area contributed by atoms with E-state index in [4.69, 9.17) is 16.1 Å². The molecule has 0 saturated carbocycles. The molecule has 0 bridgehead atoms. The fourth-order valence-corrected chi connectivity index (χ4v) is 3.53. The first-order valence-corrected chi connectivity index (χ1v) is 9.20. The van der Waals surface area contributed by atoms with Crippen LogP contribution >= 0.6 is 11.6 Å². The van der Waals surface area contributed by atoms with Crippen LogP contribution in [0.15, 0.2) is 28.8 Å². The van der Waals surface area contributed by atoms with Crippen molar-refractivity contribution >= 4 is 17.5 Å². The number of carbonyl (C=O) groups excluding carboxylic acids is 1. The molecule has 1 amide bonds. The summed E-state index contributed by atoms with van der Waals surface area (Å²) in [5.74, 6) is 1.15. The zero-order chi connectivity index (χ0) is 17.8. The van der Waals surface area contributed by atoms with Crippen molar-refractivity contribution in [1.82, 2.24) is 15.4 Å². The maximum Gasteiger partial charge on any atom is 0.259 e.